The van der Waals surface area contributed by atoms with E-state index in [1.54, 1.807) is 0 Å². The van der Waals surface area contributed by atoms with E-state index in [4.69, 9.17) is 5.11 Å². The van der Waals surface area contributed by atoms with Crippen LogP contribution in [-0.2, 0) is 16.1 Å². The van der Waals surface area contributed by atoms with Gasteiger partial charge in [0.25, 0.3) is 0 Å². The third-order valence-corrected chi connectivity index (χ3v) is 2.83. The van der Waals surface area contributed by atoms with Crippen molar-refractivity contribution >= 4 is 11.8 Å². The molecule has 104 valence electrons. The van der Waals surface area contributed by atoms with E-state index < -0.39 is 11.8 Å². The van der Waals surface area contributed by atoms with Crippen LogP contribution in [0.2, 0.25) is 0 Å². The van der Waals surface area contributed by atoms with Gasteiger partial charge in [-0.1, -0.05) is 36.8 Å². The number of nitrogens with one attached hydrogen (secondary N) is 2. The van der Waals surface area contributed by atoms with Gasteiger partial charge in [0.1, 0.15) is 0 Å². The van der Waals surface area contributed by atoms with E-state index in [9.17, 15) is 9.59 Å². The van der Waals surface area contributed by atoms with Gasteiger partial charge in [-0.2, -0.15) is 0 Å². The first kappa shape index (κ1) is 15.2. The predicted molar refractivity (Wildman–Crippen MR) is 72.3 cm³/mol. The number of carbonyl (C=O) groups is 2. The van der Waals surface area contributed by atoms with E-state index in [0.29, 0.717) is 13.0 Å². The maximum absolute atomic E-state index is 11.5. The summed E-state index contributed by atoms with van der Waals surface area (Å²) in [4.78, 5) is 23.1. The molecule has 0 saturated heterocycles. The Balaban J connectivity index is 2.42. The SMILES string of the molecule is CC[C@H](CO)NC(=O)C(=O)NCc1ccc(C)cc1. The molecule has 0 aromatic heterocycles. The maximum Gasteiger partial charge on any atom is 0.309 e. The second kappa shape index (κ2) is 7.53. The monoisotopic (exact) mass is 264 g/mol. The van der Waals surface area contributed by atoms with Crippen molar-refractivity contribution in [3.8, 4) is 0 Å². The number of benzene rings is 1. The number of aliphatic hydroxyl groups excluding tert-OH is 1. The summed E-state index contributed by atoms with van der Waals surface area (Å²) in [5.74, 6) is -1.40. The minimum Gasteiger partial charge on any atom is -0.394 e. The van der Waals surface area contributed by atoms with E-state index in [0.717, 1.165) is 11.1 Å². The van der Waals surface area contributed by atoms with Gasteiger partial charge in [-0.05, 0) is 18.9 Å². The lowest BCUT2D eigenvalue weighted by atomic mass is 10.1. The Kier molecular flexibility index (Phi) is 6.02. The normalized spacial score (nSPS) is 11.7. The molecule has 1 aromatic carbocycles. The van der Waals surface area contributed by atoms with Crippen LogP contribution in [0.5, 0.6) is 0 Å². The lowest BCUT2D eigenvalue weighted by Crippen LogP contribution is -2.45. The molecule has 0 unspecified atom stereocenters. The fraction of sp³-hybridized carbons (Fsp3) is 0.429. The van der Waals surface area contributed by atoms with Crippen molar-refractivity contribution in [2.24, 2.45) is 0 Å². The van der Waals surface area contributed by atoms with Crippen molar-refractivity contribution < 1.29 is 14.7 Å². The zero-order valence-electron chi connectivity index (χ0n) is 11.3. The number of hydrogen-bond donors (Lipinski definition) is 3. The molecule has 0 aliphatic carbocycles. The average molecular weight is 264 g/mol. The minimum atomic E-state index is -0.715. The number of amides is 2. The molecule has 0 heterocycles. The van der Waals surface area contributed by atoms with E-state index in [1.165, 1.54) is 0 Å². The predicted octanol–water partition coefficient (Wildman–Crippen LogP) is 0.498. The summed E-state index contributed by atoms with van der Waals surface area (Å²) in [5, 5.41) is 13.9. The molecule has 5 nitrogen and oxygen atoms in total. The maximum atomic E-state index is 11.5. The van der Waals surface area contributed by atoms with Crippen LogP contribution in [0.1, 0.15) is 24.5 Å². The number of carbonyl (C=O) groups excluding carboxylic acids is 2. The number of aliphatic hydroxyl groups is 1. The molecule has 1 rings (SSSR count). The van der Waals surface area contributed by atoms with E-state index in [1.807, 2.05) is 38.1 Å². The topological polar surface area (TPSA) is 78.4 Å². The van der Waals surface area contributed by atoms with Gasteiger partial charge >= 0.3 is 11.8 Å². The zero-order chi connectivity index (χ0) is 14.3. The van der Waals surface area contributed by atoms with Crippen molar-refractivity contribution in [3.63, 3.8) is 0 Å². The number of hydrogen-bond acceptors (Lipinski definition) is 3. The van der Waals surface area contributed by atoms with Gasteiger partial charge in [0, 0.05) is 6.54 Å². The van der Waals surface area contributed by atoms with Crippen molar-refractivity contribution in [1.29, 1.82) is 0 Å². The lowest BCUT2D eigenvalue weighted by molar-refractivity contribution is -0.139. The van der Waals surface area contributed by atoms with Gasteiger partial charge < -0.3 is 15.7 Å². The van der Waals surface area contributed by atoms with Gasteiger partial charge in [-0.3, -0.25) is 9.59 Å². The first-order valence-electron chi connectivity index (χ1n) is 6.32. The Bertz CT molecular complexity index is 425. The summed E-state index contributed by atoms with van der Waals surface area (Å²) < 4.78 is 0. The van der Waals surface area contributed by atoms with Crippen LogP contribution in [0, 0.1) is 6.92 Å². The van der Waals surface area contributed by atoms with Crippen LogP contribution in [0.4, 0.5) is 0 Å². The van der Waals surface area contributed by atoms with Gasteiger partial charge in [-0.25, -0.2) is 0 Å². The smallest absolute Gasteiger partial charge is 0.309 e. The number of aryl methyl sites for hydroxylation is 1. The Morgan fingerprint density at radius 2 is 1.84 bits per heavy atom. The number of rotatable bonds is 5. The second-order valence-electron chi connectivity index (χ2n) is 4.43. The molecule has 3 N–H and O–H groups in total. The highest BCUT2D eigenvalue weighted by Crippen LogP contribution is 2.02. The average Bonchev–Trinajstić information content (AvgIpc) is 2.43. The van der Waals surface area contributed by atoms with Crippen LogP contribution in [0.25, 0.3) is 0 Å². The van der Waals surface area contributed by atoms with E-state index >= 15 is 0 Å². The summed E-state index contributed by atoms with van der Waals surface area (Å²) in [7, 11) is 0. The third-order valence-electron chi connectivity index (χ3n) is 2.83. The summed E-state index contributed by atoms with van der Waals surface area (Å²) >= 11 is 0. The van der Waals surface area contributed by atoms with Crippen molar-refractivity contribution in [2.45, 2.75) is 32.9 Å². The molecule has 0 saturated carbocycles. The zero-order valence-corrected chi connectivity index (χ0v) is 11.3. The largest absolute Gasteiger partial charge is 0.394 e. The molecule has 0 spiro atoms. The highest BCUT2D eigenvalue weighted by atomic mass is 16.3. The second-order valence-corrected chi connectivity index (χ2v) is 4.43. The molecule has 19 heavy (non-hydrogen) atoms. The van der Waals surface area contributed by atoms with Gasteiger partial charge in [0.05, 0.1) is 12.6 Å². The van der Waals surface area contributed by atoms with Gasteiger partial charge in [0.2, 0.25) is 0 Å². The van der Waals surface area contributed by atoms with E-state index in [2.05, 4.69) is 10.6 Å². The third kappa shape index (κ3) is 5.09. The van der Waals surface area contributed by atoms with E-state index in [-0.39, 0.29) is 12.6 Å². The molecule has 0 radical (unpaired) electrons. The van der Waals surface area contributed by atoms with Crippen molar-refractivity contribution in [3.05, 3.63) is 35.4 Å². The van der Waals surface area contributed by atoms with Crippen LogP contribution in [0.15, 0.2) is 24.3 Å². The minimum absolute atomic E-state index is 0.173. The molecular formula is C14H20N2O3. The lowest BCUT2D eigenvalue weighted by Gasteiger charge is -2.13. The summed E-state index contributed by atoms with van der Waals surface area (Å²) in [6, 6.07) is 7.31. The van der Waals surface area contributed by atoms with Crippen molar-refractivity contribution in [2.75, 3.05) is 6.61 Å². The molecule has 5 heteroatoms. The summed E-state index contributed by atoms with van der Waals surface area (Å²) in [5.41, 5.74) is 2.07. The summed E-state index contributed by atoms with van der Waals surface area (Å²) in [6.07, 6.45) is 0.577. The molecule has 2 amide bonds. The highest BCUT2D eigenvalue weighted by Gasteiger charge is 2.16. The molecule has 0 bridgehead atoms. The van der Waals surface area contributed by atoms with Crippen LogP contribution in [0.3, 0.4) is 0 Å². The quantitative estimate of drug-likeness (QED) is 0.678. The first-order valence-corrected chi connectivity index (χ1v) is 6.32. The first-order chi connectivity index (χ1) is 9.06. The molecular weight excluding hydrogens is 244 g/mol. The van der Waals surface area contributed by atoms with Crippen LogP contribution >= 0.6 is 0 Å². The molecule has 1 atom stereocenters. The Morgan fingerprint density at radius 3 is 2.37 bits per heavy atom. The molecule has 1 aromatic rings. The fourth-order valence-corrected chi connectivity index (χ4v) is 1.50. The van der Waals surface area contributed by atoms with Crippen LogP contribution in [-0.4, -0.2) is 29.6 Å². The van der Waals surface area contributed by atoms with Gasteiger partial charge in [-0.15, -0.1) is 0 Å². The molecule has 0 fully saturated rings. The molecule has 0 aliphatic rings. The summed E-state index contributed by atoms with van der Waals surface area (Å²) in [6.45, 7) is 3.94. The Morgan fingerprint density at radius 1 is 1.21 bits per heavy atom. The standard InChI is InChI=1S/C14H20N2O3/c1-3-12(9-17)16-14(19)13(18)15-8-11-6-4-10(2)5-7-11/h4-7,12,17H,3,8-9H2,1-2H3,(H,15,18)(H,16,19)/t12-/m1/s1. The van der Waals surface area contributed by atoms with Crippen molar-refractivity contribution in [1.82, 2.24) is 10.6 Å². The molecule has 0 aliphatic heterocycles. The Hall–Kier alpha value is -1.88. The van der Waals surface area contributed by atoms with Crippen LogP contribution < -0.4 is 10.6 Å². The highest BCUT2D eigenvalue weighted by molar-refractivity contribution is 6.35. The van der Waals surface area contributed by atoms with Gasteiger partial charge in [0.15, 0.2) is 0 Å². The Labute approximate surface area is 113 Å². The fourth-order valence-electron chi connectivity index (χ4n) is 1.50.